The number of alkyl halides is 2. The van der Waals surface area contributed by atoms with Crippen molar-refractivity contribution in [2.75, 3.05) is 30.4 Å². The Hall–Kier alpha value is -1.46. The van der Waals surface area contributed by atoms with Crippen LogP contribution in [0, 0.1) is 6.92 Å². The molecular weight excluding hydrogens is 214 g/mol. The highest BCUT2D eigenvalue weighted by molar-refractivity contribution is 5.57. The van der Waals surface area contributed by atoms with Crippen LogP contribution in [0.2, 0.25) is 0 Å². The normalized spacial score (nSPS) is 10.6. The molecule has 0 fully saturated rings. The molecule has 0 atom stereocenters. The topological polar surface area (TPSA) is 41.1 Å². The van der Waals surface area contributed by atoms with Gasteiger partial charge in [-0.05, 0) is 13.8 Å². The van der Waals surface area contributed by atoms with Crippen LogP contribution >= 0.6 is 0 Å². The van der Waals surface area contributed by atoms with E-state index in [4.69, 9.17) is 0 Å². The second kappa shape index (κ2) is 5.58. The van der Waals surface area contributed by atoms with Crippen molar-refractivity contribution in [1.82, 2.24) is 9.97 Å². The van der Waals surface area contributed by atoms with Gasteiger partial charge in [-0.1, -0.05) is 0 Å². The van der Waals surface area contributed by atoms with Gasteiger partial charge in [-0.15, -0.1) is 0 Å². The Balaban J connectivity index is 2.91. The first-order chi connectivity index (χ1) is 7.56. The molecule has 16 heavy (non-hydrogen) atoms. The van der Waals surface area contributed by atoms with Crippen molar-refractivity contribution >= 4 is 11.6 Å². The van der Waals surface area contributed by atoms with Crippen molar-refractivity contribution in [3.05, 3.63) is 11.9 Å². The highest BCUT2D eigenvalue weighted by Crippen LogP contribution is 2.21. The summed E-state index contributed by atoms with van der Waals surface area (Å²) in [5.41, 5.74) is 0.785. The summed E-state index contributed by atoms with van der Waals surface area (Å²) < 4.78 is 24.5. The monoisotopic (exact) mass is 230 g/mol. The molecular formula is C10H16F2N4. The van der Waals surface area contributed by atoms with E-state index in [0.29, 0.717) is 11.6 Å². The van der Waals surface area contributed by atoms with E-state index in [1.807, 2.05) is 13.8 Å². The number of halogens is 2. The van der Waals surface area contributed by atoms with Gasteiger partial charge >= 0.3 is 0 Å². The average Bonchev–Trinajstić information content (AvgIpc) is 2.20. The maximum absolute atomic E-state index is 12.3. The average molecular weight is 230 g/mol. The van der Waals surface area contributed by atoms with Crippen molar-refractivity contribution in [3.63, 3.8) is 0 Å². The molecule has 0 saturated heterocycles. The number of nitrogens with one attached hydrogen (secondary N) is 1. The molecule has 0 aliphatic rings. The molecule has 1 rings (SSSR count). The fraction of sp³-hybridized carbons (Fsp3) is 0.600. The third-order valence-corrected chi connectivity index (χ3v) is 2.18. The lowest BCUT2D eigenvalue weighted by Gasteiger charge is -2.20. The summed E-state index contributed by atoms with van der Waals surface area (Å²) in [6, 6.07) is 0. The van der Waals surface area contributed by atoms with Gasteiger partial charge in [0.2, 0.25) is 0 Å². The molecule has 0 aliphatic heterocycles. The summed E-state index contributed by atoms with van der Waals surface area (Å²) in [5.74, 6) is 1.22. The zero-order valence-corrected chi connectivity index (χ0v) is 9.67. The molecule has 0 unspecified atom stereocenters. The van der Waals surface area contributed by atoms with Gasteiger partial charge in [0.05, 0.1) is 6.54 Å². The van der Waals surface area contributed by atoms with Crippen molar-refractivity contribution in [2.24, 2.45) is 0 Å². The molecule has 4 nitrogen and oxygen atoms in total. The Kier molecular flexibility index (Phi) is 4.39. The SMILES string of the molecule is CCNc1ncnc(N(C)CC(F)F)c1C. The summed E-state index contributed by atoms with van der Waals surface area (Å²) in [5, 5.41) is 3.06. The van der Waals surface area contributed by atoms with E-state index in [-0.39, 0.29) is 6.54 Å². The second-order valence-electron chi connectivity index (χ2n) is 3.47. The van der Waals surface area contributed by atoms with Gasteiger partial charge in [0.1, 0.15) is 18.0 Å². The predicted octanol–water partition coefficient (Wildman–Crippen LogP) is 1.92. The summed E-state index contributed by atoms with van der Waals surface area (Å²) in [6.45, 7) is 4.17. The number of rotatable bonds is 5. The Labute approximate surface area is 93.7 Å². The lowest BCUT2D eigenvalue weighted by Crippen LogP contribution is -2.26. The van der Waals surface area contributed by atoms with E-state index in [2.05, 4.69) is 15.3 Å². The third kappa shape index (κ3) is 3.01. The van der Waals surface area contributed by atoms with Gasteiger partial charge in [0.25, 0.3) is 6.43 Å². The smallest absolute Gasteiger partial charge is 0.255 e. The lowest BCUT2D eigenvalue weighted by molar-refractivity contribution is 0.156. The van der Waals surface area contributed by atoms with Crippen LogP contribution in [0.5, 0.6) is 0 Å². The highest BCUT2D eigenvalue weighted by Gasteiger charge is 2.14. The van der Waals surface area contributed by atoms with Gasteiger partial charge < -0.3 is 10.2 Å². The van der Waals surface area contributed by atoms with Crippen molar-refractivity contribution in [1.29, 1.82) is 0 Å². The van der Waals surface area contributed by atoms with Crippen LogP contribution < -0.4 is 10.2 Å². The highest BCUT2D eigenvalue weighted by atomic mass is 19.3. The van der Waals surface area contributed by atoms with Crippen LogP contribution in [-0.2, 0) is 0 Å². The van der Waals surface area contributed by atoms with Crippen LogP contribution in [-0.4, -0.2) is 36.5 Å². The summed E-state index contributed by atoms with van der Waals surface area (Å²) in [6.07, 6.45) is -0.996. The van der Waals surface area contributed by atoms with E-state index < -0.39 is 6.43 Å². The molecule has 0 saturated carbocycles. The Morgan fingerprint density at radius 1 is 1.44 bits per heavy atom. The number of anilines is 2. The van der Waals surface area contributed by atoms with Gasteiger partial charge in [-0.3, -0.25) is 0 Å². The van der Waals surface area contributed by atoms with Crippen LogP contribution in [0.1, 0.15) is 12.5 Å². The minimum atomic E-state index is -2.37. The molecule has 0 bridgehead atoms. The van der Waals surface area contributed by atoms with Crippen LogP contribution in [0.15, 0.2) is 6.33 Å². The molecule has 0 aliphatic carbocycles. The van der Waals surface area contributed by atoms with E-state index in [9.17, 15) is 8.78 Å². The van der Waals surface area contributed by atoms with Crippen LogP contribution in [0.4, 0.5) is 20.4 Å². The van der Waals surface area contributed by atoms with Gasteiger partial charge in [0.15, 0.2) is 0 Å². The first-order valence-corrected chi connectivity index (χ1v) is 5.11. The van der Waals surface area contributed by atoms with Crippen LogP contribution in [0.25, 0.3) is 0 Å². The number of aromatic nitrogens is 2. The van der Waals surface area contributed by atoms with E-state index in [1.54, 1.807) is 7.05 Å². The molecule has 6 heteroatoms. The molecule has 0 aromatic carbocycles. The molecule has 1 aromatic rings. The fourth-order valence-corrected chi connectivity index (χ4v) is 1.46. The quantitative estimate of drug-likeness (QED) is 0.839. The van der Waals surface area contributed by atoms with Gasteiger partial charge in [-0.2, -0.15) is 0 Å². The minimum Gasteiger partial charge on any atom is -0.370 e. The van der Waals surface area contributed by atoms with Crippen LogP contribution in [0.3, 0.4) is 0 Å². The van der Waals surface area contributed by atoms with E-state index in [1.165, 1.54) is 11.2 Å². The minimum absolute atomic E-state index is 0.330. The van der Waals surface area contributed by atoms with Crippen molar-refractivity contribution in [2.45, 2.75) is 20.3 Å². The molecule has 0 radical (unpaired) electrons. The number of nitrogens with zero attached hydrogens (tertiary/aromatic N) is 3. The standard InChI is InChI=1S/C10H16F2N4/c1-4-13-9-7(2)10(15-6-14-9)16(3)5-8(11)12/h6,8H,4-5H2,1-3H3,(H,13,14,15). The number of hydrogen-bond donors (Lipinski definition) is 1. The first-order valence-electron chi connectivity index (χ1n) is 5.11. The molecule has 1 heterocycles. The first kappa shape index (κ1) is 12.6. The Morgan fingerprint density at radius 2 is 2.12 bits per heavy atom. The van der Waals surface area contributed by atoms with Crippen molar-refractivity contribution < 1.29 is 8.78 Å². The molecule has 90 valence electrons. The molecule has 1 aromatic heterocycles. The largest absolute Gasteiger partial charge is 0.370 e. The molecule has 0 spiro atoms. The lowest BCUT2D eigenvalue weighted by atomic mass is 10.3. The predicted molar refractivity (Wildman–Crippen MR) is 60.2 cm³/mol. The second-order valence-corrected chi connectivity index (χ2v) is 3.47. The Bertz CT molecular complexity index is 344. The Morgan fingerprint density at radius 3 is 2.69 bits per heavy atom. The maximum Gasteiger partial charge on any atom is 0.255 e. The summed E-state index contributed by atoms with van der Waals surface area (Å²) in [7, 11) is 1.59. The van der Waals surface area contributed by atoms with Crippen molar-refractivity contribution in [3.8, 4) is 0 Å². The molecule has 0 amide bonds. The fourth-order valence-electron chi connectivity index (χ4n) is 1.46. The van der Waals surface area contributed by atoms with Gasteiger partial charge in [-0.25, -0.2) is 18.7 Å². The van der Waals surface area contributed by atoms with E-state index in [0.717, 1.165) is 12.1 Å². The van der Waals surface area contributed by atoms with E-state index >= 15 is 0 Å². The molecule has 1 N–H and O–H groups in total. The summed E-state index contributed by atoms with van der Waals surface area (Å²) in [4.78, 5) is 9.50. The third-order valence-electron chi connectivity index (χ3n) is 2.18. The zero-order valence-electron chi connectivity index (χ0n) is 9.67. The zero-order chi connectivity index (χ0) is 12.1. The maximum atomic E-state index is 12.3. The summed E-state index contributed by atoms with van der Waals surface area (Å²) >= 11 is 0. The number of hydrogen-bond acceptors (Lipinski definition) is 4. The van der Waals surface area contributed by atoms with Gasteiger partial charge in [0, 0.05) is 19.2 Å².